The molecule has 0 bridgehead atoms. The van der Waals surface area contributed by atoms with Gasteiger partial charge in [0, 0.05) is 0 Å². The number of hydrogen-bond acceptors (Lipinski definition) is 8. The molecule has 4 unspecified atom stereocenters. The van der Waals surface area contributed by atoms with E-state index in [0.717, 1.165) is 19.3 Å². The SMILES string of the molecule is CCC(C)OP(=S)([S-])OC(C)CC.CCC(C)OP([O-])(=S)[S-].[Na+].[Na+].[Na+]. The third-order valence-electron chi connectivity index (χ3n) is 2.65. The van der Waals surface area contributed by atoms with E-state index in [2.05, 4.69) is 24.1 Å². The van der Waals surface area contributed by atoms with Crippen molar-refractivity contribution in [2.45, 2.75) is 79.1 Å². The van der Waals surface area contributed by atoms with Gasteiger partial charge in [0.25, 0.3) is 0 Å². The summed E-state index contributed by atoms with van der Waals surface area (Å²) in [6.07, 6.45) is 2.75. The van der Waals surface area contributed by atoms with Gasteiger partial charge in [0.05, 0.1) is 24.0 Å². The summed E-state index contributed by atoms with van der Waals surface area (Å²) in [5.74, 6) is 0. The second-order valence-corrected chi connectivity index (χ2v) is 14.4. The molecular weight excluding hydrogens is 467 g/mol. The smallest absolute Gasteiger partial charge is 0.819 e. The summed E-state index contributed by atoms with van der Waals surface area (Å²) in [5, 5.41) is 0. The Kier molecular flexibility index (Phi) is 35.5. The zero-order chi connectivity index (χ0) is 18.0. The second-order valence-electron chi connectivity index (χ2n) is 4.87. The van der Waals surface area contributed by atoms with Gasteiger partial charge in [0.1, 0.15) is 0 Å². The van der Waals surface area contributed by atoms with Crippen molar-refractivity contribution in [1.82, 2.24) is 0 Å². The van der Waals surface area contributed by atoms with Crippen molar-refractivity contribution in [3.05, 3.63) is 0 Å². The Labute approximate surface area is 242 Å². The van der Waals surface area contributed by atoms with E-state index in [-0.39, 0.29) is 107 Å². The Bertz CT molecular complexity index is 375. The van der Waals surface area contributed by atoms with Gasteiger partial charge in [0.15, 0.2) is 0 Å². The van der Waals surface area contributed by atoms with Crippen LogP contribution in [0.5, 0.6) is 0 Å². The summed E-state index contributed by atoms with van der Waals surface area (Å²) in [6.45, 7) is 11.7. The Morgan fingerprint density at radius 3 is 1.16 bits per heavy atom. The van der Waals surface area contributed by atoms with E-state index in [9.17, 15) is 4.89 Å². The molecule has 0 fully saturated rings. The quantitative estimate of drug-likeness (QED) is 0.180. The molecule has 0 N–H and O–H groups in total. The van der Waals surface area contributed by atoms with Gasteiger partial charge in [-0.25, -0.2) is 0 Å². The molecule has 0 aliphatic heterocycles. The monoisotopic (exact) mass is 494 g/mol. The molecule has 13 heteroatoms. The van der Waals surface area contributed by atoms with Crippen molar-refractivity contribution in [1.29, 1.82) is 0 Å². The fourth-order valence-electron chi connectivity index (χ4n) is 0.910. The van der Waals surface area contributed by atoms with Crippen molar-refractivity contribution >= 4 is 59.5 Å². The summed E-state index contributed by atoms with van der Waals surface area (Å²) in [6, 6.07) is 0. The Balaban J connectivity index is -0.0000001000. The summed E-state index contributed by atoms with van der Waals surface area (Å²) in [7, 11) is 0. The van der Waals surface area contributed by atoms with Crippen molar-refractivity contribution in [2.75, 3.05) is 0 Å². The average Bonchev–Trinajstić information content (AvgIpc) is 2.35. The third-order valence-corrected chi connectivity index (χ3v) is 6.06. The molecule has 0 amide bonds. The van der Waals surface area contributed by atoms with Gasteiger partial charge in [-0.1, -0.05) is 32.6 Å². The van der Waals surface area contributed by atoms with Crippen LogP contribution in [0.2, 0.25) is 0 Å². The van der Waals surface area contributed by atoms with Crippen LogP contribution in [0.1, 0.15) is 60.8 Å². The molecule has 0 spiro atoms. The molecule has 0 aromatic rings. The molecule has 4 nitrogen and oxygen atoms in total. The van der Waals surface area contributed by atoms with Gasteiger partial charge >= 0.3 is 88.7 Å². The van der Waals surface area contributed by atoms with Gasteiger partial charge in [0.2, 0.25) is 0 Å². The maximum atomic E-state index is 10.6. The van der Waals surface area contributed by atoms with Crippen molar-refractivity contribution < 1.29 is 107 Å². The first kappa shape index (κ1) is 40.2. The minimum atomic E-state index is -3.07. The van der Waals surface area contributed by atoms with Crippen molar-refractivity contribution in [3.63, 3.8) is 0 Å². The normalized spacial score (nSPS) is 18.3. The zero-order valence-corrected chi connectivity index (χ0v) is 28.1. The standard InChI is InChI=1S/C8H19O2PS2.C4H11O2PS2.3Na/c1-5-7(3)9-11(12,13)10-8(4)6-2;1-3-4(2)6-7(5,8)9;;;/h7-8H,5-6H2,1-4H3,(H,12,13);4H,3H2,1-2H3,(H2,5,8,9);;;/q;;3*+1/p-3. The summed E-state index contributed by atoms with van der Waals surface area (Å²) < 4.78 is 15.7. The second kappa shape index (κ2) is 22.0. The van der Waals surface area contributed by atoms with Crippen LogP contribution in [0.3, 0.4) is 0 Å². The molecule has 4 atom stereocenters. The Morgan fingerprint density at radius 1 is 0.760 bits per heavy atom. The molecule has 0 aromatic heterocycles. The topological polar surface area (TPSA) is 50.8 Å². The Morgan fingerprint density at radius 2 is 1.00 bits per heavy atom. The van der Waals surface area contributed by atoms with E-state index in [4.69, 9.17) is 37.6 Å². The average molecular weight is 495 g/mol. The van der Waals surface area contributed by atoms with E-state index >= 15 is 0 Å². The minimum absolute atomic E-state index is 0. The van der Waals surface area contributed by atoms with Gasteiger partial charge in [-0.2, -0.15) is 0 Å². The van der Waals surface area contributed by atoms with E-state index in [1.54, 1.807) is 6.92 Å². The zero-order valence-electron chi connectivity index (χ0n) is 17.0. The molecule has 0 radical (unpaired) electrons. The van der Waals surface area contributed by atoms with Crippen LogP contribution in [0.15, 0.2) is 0 Å². The first-order valence-corrected chi connectivity index (χ1v) is 14.5. The molecule has 0 saturated carbocycles. The van der Waals surface area contributed by atoms with Crippen LogP contribution in [-0.4, -0.2) is 18.3 Å². The first-order chi connectivity index (χ1) is 9.86. The van der Waals surface area contributed by atoms with E-state index in [1.807, 2.05) is 34.6 Å². The largest absolute Gasteiger partial charge is 1.00 e. The maximum Gasteiger partial charge on any atom is 1.00 e. The van der Waals surface area contributed by atoms with Crippen LogP contribution >= 0.6 is 11.4 Å². The van der Waals surface area contributed by atoms with E-state index < -0.39 is 11.4 Å². The predicted molar refractivity (Wildman–Crippen MR) is 106 cm³/mol. The summed E-state index contributed by atoms with van der Waals surface area (Å²) in [4.78, 5) is 10.6. The summed E-state index contributed by atoms with van der Waals surface area (Å²) >= 11 is 19.0. The maximum absolute atomic E-state index is 10.6. The number of rotatable bonds is 9. The van der Waals surface area contributed by atoms with E-state index in [1.165, 1.54) is 0 Å². The molecule has 136 valence electrons. The van der Waals surface area contributed by atoms with Crippen molar-refractivity contribution in [3.8, 4) is 0 Å². The molecule has 0 aromatic carbocycles. The van der Waals surface area contributed by atoms with Gasteiger partial charge in [-0.05, 0) is 40.0 Å². The van der Waals surface area contributed by atoms with Gasteiger partial charge < -0.3 is 43.0 Å². The molecule has 0 aliphatic rings. The molecule has 0 saturated heterocycles. The summed E-state index contributed by atoms with van der Waals surface area (Å²) in [5.41, 5.74) is -5.49. The van der Waals surface area contributed by atoms with Crippen LogP contribution < -0.4 is 93.6 Å². The van der Waals surface area contributed by atoms with Crippen LogP contribution in [-0.2, 0) is 61.7 Å². The minimum Gasteiger partial charge on any atom is -0.819 e. The van der Waals surface area contributed by atoms with Gasteiger partial charge in [-0.3, -0.25) is 0 Å². The van der Waals surface area contributed by atoms with Crippen LogP contribution in [0, 0.1) is 0 Å². The first-order valence-electron chi connectivity index (χ1n) is 7.25. The molecular formula is C12H27Na3O4P2S4. The molecule has 0 rings (SSSR count). The molecule has 0 aliphatic carbocycles. The number of hydrogen-bond donors (Lipinski definition) is 0. The van der Waals surface area contributed by atoms with E-state index in [0.29, 0.717) is 0 Å². The fourth-order valence-corrected chi connectivity index (χ4v) is 5.37. The fraction of sp³-hybridized carbons (Fsp3) is 1.00. The van der Waals surface area contributed by atoms with Gasteiger partial charge in [-0.15, -0.1) is 17.5 Å². The predicted octanol–water partition coefficient (Wildman–Crippen LogP) is -4.67. The molecule has 25 heavy (non-hydrogen) atoms. The third kappa shape index (κ3) is 31.1. The van der Waals surface area contributed by atoms with Crippen LogP contribution in [0.4, 0.5) is 0 Å². The van der Waals surface area contributed by atoms with Crippen LogP contribution in [0.25, 0.3) is 0 Å². The van der Waals surface area contributed by atoms with Crippen molar-refractivity contribution in [2.24, 2.45) is 0 Å². The molecule has 0 heterocycles. The Hall–Kier alpha value is 4.84.